The fourth-order valence-electron chi connectivity index (χ4n) is 3.38. The zero-order chi connectivity index (χ0) is 28.7. The van der Waals surface area contributed by atoms with Crippen LogP contribution in [0.2, 0.25) is 0 Å². The molecule has 2 rings (SSSR count). The summed E-state index contributed by atoms with van der Waals surface area (Å²) < 4.78 is 22.6. The molecule has 0 aliphatic carbocycles. The zero-order valence-corrected chi connectivity index (χ0v) is 25.1. The lowest BCUT2D eigenvalue weighted by molar-refractivity contribution is -0.108. The molecule has 0 N–H and O–H groups in total. The van der Waals surface area contributed by atoms with Gasteiger partial charge in [0.15, 0.2) is 0 Å². The Hall–Kier alpha value is -2.52. The summed E-state index contributed by atoms with van der Waals surface area (Å²) in [6.07, 6.45) is 0. The number of hydrogen-bond donors (Lipinski definition) is 0. The Bertz CT molecular complexity index is 992. The van der Waals surface area contributed by atoms with Gasteiger partial charge in [0.25, 0.3) is 0 Å². The van der Waals surface area contributed by atoms with Crippen molar-refractivity contribution in [1.29, 1.82) is 0 Å². The molecule has 0 heterocycles. The maximum Gasteiger partial charge on any atom is 0.214 e. The number of hydrogen-bond acceptors (Lipinski definition) is 8. The Labute approximate surface area is 241 Å². The number of carbonyl (C=O) groups excluding carboxylic acids is 2. The van der Waals surface area contributed by atoms with Gasteiger partial charge in [-0.25, -0.2) is 0 Å². The molecule has 0 spiro atoms. The van der Waals surface area contributed by atoms with Gasteiger partial charge in [-0.15, -0.1) is 0 Å². The van der Waals surface area contributed by atoms with Crippen LogP contribution in [0, 0.1) is 0 Å². The van der Waals surface area contributed by atoms with Crippen LogP contribution < -0.4 is 9.47 Å². The summed E-state index contributed by atoms with van der Waals surface area (Å²) in [5.74, 6) is 2.79. The Kier molecular flexibility index (Phi) is 14.4. The van der Waals surface area contributed by atoms with Gasteiger partial charge < -0.3 is 18.9 Å². The summed E-state index contributed by atoms with van der Waals surface area (Å²) >= 11 is 2.44. The summed E-state index contributed by atoms with van der Waals surface area (Å²) in [5, 5.41) is 0.00809. The number of thioether (sulfide) groups is 2. The fourth-order valence-corrected chi connectivity index (χ4v) is 4.64. The van der Waals surface area contributed by atoms with Crippen molar-refractivity contribution in [3.05, 3.63) is 84.0 Å². The van der Waals surface area contributed by atoms with Crippen LogP contribution in [0.1, 0.15) is 38.8 Å². The van der Waals surface area contributed by atoms with Crippen molar-refractivity contribution in [1.82, 2.24) is 0 Å². The Morgan fingerprint density at radius 2 is 1.00 bits per heavy atom. The lowest BCUT2D eigenvalue weighted by Crippen LogP contribution is -2.18. The van der Waals surface area contributed by atoms with Crippen LogP contribution in [0.25, 0.3) is 0 Å². The van der Waals surface area contributed by atoms with Crippen LogP contribution in [0.3, 0.4) is 0 Å². The highest BCUT2D eigenvalue weighted by atomic mass is 32.2. The maximum atomic E-state index is 11.5. The lowest BCUT2D eigenvalue weighted by Gasteiger charge is -2.26. The van der Waals surface area contributed by atoms with Gasteiger partial charge in [-0.3, -0.25) is 9.59 Å². The first-order chi connectivity index (χ1) is 18.6. The van der Waals surface area contributed by atoms with Gasteiger partial charge in [0.1, 0.15) is 24.7 Å². The van der Waals surface area contributed by atoms with E-state index in [2.05, 4.69) is 51.3 Å². The SMILES string of the molecule is C=C(C)C(=O)SCCOCCOc1ccc(C(C)(C)c2ccc(OCCOCCSC(=O)C(=C)C)cc2)cc1. The van der Waals surface area contributed by atoms with Gasteiger partial charge in [0, 0.05) is 16.9 Å². The molecule has 0 aliphatic heterocycles. The molecule has 2 aromatic rings. The molecule has 0 saturated heterocycles. The highest BCUT2D eigenvalue weighted by molar-refractivity contribution is 8.14. The largest absolute Gasteiger partial charge is 0.491 e. The molecule has 0 radical (unpaired) electrons. The van der Waals surface area contributed by atoms with E-state index in [0.29, 0.717) is 62.3 Å². The molecule has 0 atom stereocenters. The van der Waals surface area contributed by atoms with Gasteiger partial charge in [0.05, 0.1) is 26.4 Å². The summed E-state index contributed by atoms with van der Waals surface area (Å²) in [5.41, 5.74) is 3.27. The van der Waals surface area contributed by atoms with Gasteiger partial charge in [-0.05, 0) is 60.4 Å². The molecule has 0 bridgehead atoms. The molecule has 0 saturated carbocycles. The van der Waals surface area contributed by atoms with E-state index < -0.39 is 0 Å². The molecule has 0 aromatic heterocycles. The van der Waals surface area contributed by atoms with Crippen molar-refractivity contribution in [2.75, 3.05) is 51.1 Å². The smallest absolute Gasteiger partial charge is 0.214 e. The summed E-state index contributed by atoms with van der Waals surface area (Å²) in [6.45, 7) is 17.9. The number of benzene rings is 2. The third kappa shape index (κ3) is 12.0. The molecule has 0 fully saturated rings. The molecule has 0 amide bonds. The first kappa shape index (κ1) is 32.7. The molecular formula is C31H40O6S2. The Balaban J connectivity index is 1.70. The van der Waals surface area contributed by atoms with E-state index in [1.54, 1.807) is 13.8 Å². The van der Waals surface area contributed by atoms with Crippen molar-refractivity contribution in [3.8, 4) is 11.5 Å². The summed E-state index contributed by atoms with van der Waals surface area (Å²) in [6, 6.07) is 16.2. The minimum absolute atomic E-state index is 0.00405. The van der Waals surface area contributed by atoms with Crippen molar-refractivity contribution in [2.45, 2.75) is 33.1 Å². The van der Waals surface area contributed by atoms with Crippen molar-refractivity contribution >= 4 is 33.8 Å². The average Bonchev–Trinajstić information content (AvgIpc) is 2.92. The van der Waals surface area contributed by atoms with Gasteiger partial charge in [0.2, 0.25) is 10.2 Å². The molecule has 39 heavy (non-hydrogen) atoms. The van der Waals surface area contributed by atoms with Crippen molar-refractivity contribution in [3.63, 3.8) is 0 Å². The van der Waals surface area contributed by atoms with E-state index in [1.807, 2.05) is 24.3 Å². The van der Waals surface area contributed by atoms with E-state index in [4.69, 9.17) is 18.9 Å². The average molecular weight is 573 g/mol. The van der Waals surface area contributed by atoms with Crippen LogP contribution in [-0.2, 0) is 24.5 Å². The minimum atomic E-state index is -0.193. The minimum Gasteiger partial charge on any atom is -0.491 e. The fraction of sp³-hybridized carbons (Fsp3) is 0.419. The van der Waals surface area contributed by atoms with Crippen molar-refractivity contribution in [2.24, 2.45) is 0 Å². The number of ether oxygens (including phenoxy) is 4. The van der Waals surface area contributed by atoms with E-state index >= 15 is 0 Å². The first-order valence-corrected chi connectivity index (χ1v) is 14.9. The second kappa shape index (κ2) is 17.2. The maximum absolute atomic E-state index is 11.5. The van der Waals surface area contributed by atoms with Gasteiger partial charge in [-0.2, -0.15) is 0 Å². The molecular weight excluding hydrogens is 532 g/mol. The summed E-state index contributed by atoms with van der Waals surface area (Å²) in [4.78, 5) is 23.0. The molecule has 212 valence electrons. The third-order valence-electron chi connectivity index (χ3n) is 5.76. The highest BCUT2D eigenvalue weighted by Crippen LogP contribution is 2.33. The molecule has 0 aliphatic rings. The Morgan fingerprint density at radius 3 is 1.33 bits per heavy atom. The molecule has 8 heteroatoms. The Morgan fingerprint density at radius 1 is 0.641 bits per heavy atom. The second-order valence-electron chi connectivity index (χ2n) is 9.43. The van der Waals surface area contributed by atoms with Crippen LogP contribution in [0.15, 0.2) is 72.8 Å². The van der Waals surface area contributed by atoms with E-state index in [-0.39, 0.29) is 15.6 Å². The lowest BCUT2D eigenvalue weighted by atomic mass is 9.78. The first-order valence-electron chi connectivity index (χ1n) is 12.9. The van der Waals surface area contributed by atoms with E-state index in [0.717, 1.165) is 11.5 Å². The van der Waals surface area contributed by atoms with E-state index in [1.165, 1.54) is 34.7 Å². The standard InChI is InChI=1S/C31H40O6S2/c1-23(2)29(32)38-21-19-34-15-17-36-27-11-7-25(8-12-27)31(5,6)26-9-13-28(14-10-26)37-18-16-35-20-22-39-30(33)24(3)4/h7-14H,1,3,15-22H2,2,4-6H3. The van der Waals surface area contributed by atoms with Crippen LogP contribution in [-0.4, -0.2) is 61.4 Å². The normalized spacial score (nSPS) is 11.2. The zero-order valence-electron chi connectivity index (χ0n) is 23.5. The van der Waals surface area contributed by atoms with Gasteiger partial charge >= 0.3 is 0 Å². The quantitative estimate of drug-likeness (QED) is 0.149. The monoisotopic (exact) mass is 572 g/mol. The number of carbonyl (C=O) groups is 2. The number of rotatable bonds is 18. The molecule has 6 nitrogen and oxygen atoms in total. The van der Waals surface area contributed by atoms with Gasteiger partial charge in [-0.1, -0.05) is 74.8 Å². The summed E-state index contributed by atoms with van der Waals surface area (Å²) in [7, 11) is 0. The van der Waals surface area contributed by atoms with Crippen molar-refractivity contribution < 1.29 is 28.5 Å². The molecule has 2 aromatic carbocycles. The van der Waals surface area contributed by atoms with Crippen LogP contribution >= 0.6 is 23.5 Å². The van der Waals surface area contributed by atoms with Crippen LogP contribution in [0.5, 0.6) is 11.5 Å². The second-order valence-corrected chi connectivity index (χ2v) is 11.6. The van der Waals surface area contributed by atoms with Crippen LogP contribution in [0.4, 0.5) is 0 Å². The molecule has 0 unspecified atom stereocenters. The van der Waals surface area contributed by atoms with E-state index in [9.17, 15) is 9.59 Å². The highest BCUT2D eigenvalue weighted by Gasteiger charge is 2.23. The predicted octanol–water partition coefficient (Wildman–Crippen LogP) is 6.48. The topological polar surface area (TPSA) is 71.1 Å². The predicted molar refractivity (Wildman–Crippen MR) is 162 cm³/mol. The third-order valence-corrected chi connectivity index (χ3v) is 7.73.